The number of nitrogens with two attached hydrogens (primary N) is 1. The number of nitro benzene ring substituents is 1. The number of benzene rings is 1. The van der Waals surface area contributed by atoms with Crippen LogP contribution in [0.25, 0.3) is 0 Å². The Labute approximate surface area is 105 Å². The highest BCUT2D eigenvalue weighted by molar-refractivity contribution is 7.89. The van der Waals surface area contributed by atoms with Gasteiger partial charge in [0.05, 0.1) is 9.82 Å². The SMILES string of the molecule is Nc1cc(S(=O)(=O)NCC(F)(F)F)ccc1[N+](=O)[O-]. The summed E-state index contributed by atoms with van der Waals surface area (Å²) < 4.78 is 60.0. The van der Waals surface area contributed by atoms with E-state index in [-0.39, 0.29) is 0 Å². The molecule has 0 radical (unpaired) electrons. The van der Waals surface area contributed by atoms with Gasteiger partial charge >= 0.3 is 6.18 Å². The van der Waals surface area contributed by atoms with Crippen molar-refractivity contribution in [3.05, 3.63) is 28.3 Å². The zero-order valence-electron chi connectivity index (χ0n) is 9.14. The minimum Gasteiger partial charge on any atom is -0.393 e. The van der Waals surface area contributed by atoms with Crippen LogP contribution in [0, 0.1) is 10.1 Å². The molecule has 0 saturated heterocycles. The first-order valence-corrected chi connectivity index (χ1v) is 6.11. The zero-order valence-corrected chi connectivity index (χ0v) is 9.96. The van der Waals surface area contributed by atoms with E-state index in [1.807, 2.05) is 0 Å². The predicted molar refractivity (Wildman–Crippen MR) is 58.8 cm³/mol. The summed E-state index contributed by atoms with van der Waals surface area (Å²) in [4.78, 5) is 9.03. The van der Waals surface area contributed by atoms with Crippen LogP contribution in [-0.2, 0) is 10.0 Å². The first kappa shape index (κ1) is 15.2. The van der Waals surface area contributed by atoms with Gasteiger partial charge in [0.25, 0.3) is 5.69 Å². The first-order valence-electron chi connectivity index (χ1n) is 4.63. The van der Waals surface area contributed by atoms with Gasteiger partial charge < -0.3 is 5.73 Å². The van der Waals surface area contributed by atoms with Gasteiger partial charge in [0.15, 0.2) is 0 Å². The standard InChI is InChI=1S/C8H8F3N3O4S/c9-8(10,11)4-13-19(17,18)5-1-2-7(14(15)16)6(12)3-5/h1-3,13H,4,12H2. The van der Waals surface area contributed by atoms with E-state index >= 15 is 0 Å². The highest BCUT2D eigenvalue weighted by Gasteiger charge is 2.30. The molecule has 0 aromatic heterocycles. The van der Waals surface area contributed by atoms with Crippen molar-refractivity contribution < 1.29 is 26.5 Å². The van der Waals surface area contributed by atoms with Crippen molar-refractivity contribution in [2.45, 2.75) is 11.1 Å². The Morgan fingerprint density at radius 1 is 1.37 bits per heavy atom. The smallest absolute Gasteiger partial charge is 0.393 e. The van der Waals surface area contributed by atoms with E-state index in [4.69, 9.17) is 5.73 Å². The van der Waals surface area contributed by atoms with Crippen LogP contribution in [0.15, 0.2) is 23.1 Å². The number of sulfonamides is 1. The summed E-state index contributed by atoms with van der Waals surface area (Å²) in [6.45, 7) is -1.74. The summed E-state index contributed by atoms with van der Waals surface area (Å²) in [5, 5.41) is 10.5. The largest absolute Gasteiger partial charge is 0.402 e. The van der Waals surface area contributed by atoms with Crippen LogP contribution < -0.4 is 10.5 Å². The molecule has 0 aliphatic carbocycles. The van der Waals surface area contributed by atoms with Crippen LogP contribution in [0.3, 0.4) is 0 Å². The number of halogens is 3. The lowest BCUT2D eigenvalue weighted by molar-refractivity contribution is -0.383. The summed E-state index contributed by atoms with van der Waals surface area (Å²) in [7, 11) is -4.43. The average Bonchev–Trinajstić information content (AvgIpc) is 2.25. The third kappa shape index (κ3) is 4.06. The number of alkyl halides is 3. The molecule has 1 aromatic rings. The maximum absolute atomic E-state index is 11.9. The maximum Gasteiger partial charge on any atom is 0.402 e. The van der Waals surface area contributed by atoms with E-state index in [9.17, 15) is 31.7 Å². The highest BCUT2D eigenvalue weighted by Crippen LogP contribution is 2.24. The molecule has 19 heavy (non-hydrogen) atoms. The molecule has 1 rings (SSSR count). The molecule has 11 heteroatoms. The molecule has 0 amide bonds. The van der Waals surface area contributed by atoms with Gasteiger partial charge in [0, 0.05) is 6.07 Å². The zero-order chi connectivity index (χ0) is 14.8. The number of nitro groups is 1. The number of nitrogen functional groups attached to an aromatic ring is 1. The van der Waals surface area contributed by atoms with E-state index in [0.717, 1.165) is 18.2 Å². The van der Waals surface area contributed by atoms with E-state index in [2.05, 4.69) is 0 Å². The van der Waals surface area contributed by atoms with Gasteiger partial charge in [-0.2, -0.15) is 13.2 Å². The van der Waals surface area contributed by atoms with Crippen LogP contribution >= 0.6 is 0 Å². The molecule has 106 valence electrons. The number of hydrogen-bond donors (Lipinski definition) is 2. The van der Waals surface area contributed by atoms with Crippen LogP contribution in [0.4, 0.5) is 24.5 Å². The molecule has 0 aliphatic rings. The predicted octanol–water partition coefficient (Wildman–Crippen LogP) is 1.02. The van der Waals surface area contributed by atoms with Crippen molar-refractivity contribution in [3.8, 4) is 0 Å². The van der Waals surface area contributed by atoms with Gasteiger partial charge in [0.2, 0.25) is 10.0 Å². The summed E-state index contributed by atoms with van der Waals surface area (Å²) in [5.74, 6) is 0. The number of nitrogens with zero attached hydrogens (tertiary/aromatic N) is 1. The normalized spacial score (nSPS) is 12.4. The third-order valence-electron chi connectivity index (χ3n) is 1.97. The molecule has 3 N–H and O–H groups in total. The lowest BCUT2D eigenvalue weighted by atomic mass is 10.3. The lowest BCUT2D eigenvalue weighted by Gasteiger charge is -2.09. The molecule has 7 nitrogen and oxygen atoms in total. The van der Waals surface area contributed by atoms with Crippen molar-refractivity contribution in [3.63, 3.8) is 0 Å². The molecule has 1 aromatic carbocycles. The molecule has 0 fully saturated rings. The molecule has 0 unspecified atom stereocenters. The van der Waals surface area contributed by atoms with Gasteiger partial charge in [-0.05, 0) is 12.1 Å². The molecule has 0 spiro atoms. The molecule has 0 saturated carbocycles. The Kier molecular flexibility index (Phi) is 4.00. The number of rotatable bonds is 4. The Morgan fingerprint density at radius 3 is 2.37 bits per heavy atom. The van der Waals surface area contributed by atoms with Crippen molar-refractivity contribution in [2.24, 2.45) is 0 Å². The van der Waals surface area contributed by atoms with Gasteiger partial charge in [-0.1, -0.05) is 0 Å². The quantitative estimate of drug-likeness (QED) is 0.489. The van der Waals surface area contributed by atoms with Crippen molar-refractivity contribution in [1.82, 2.24) is 4.72 Å². The Morgan fingerprint density at radius 2 is 1.95 bits per heavy atom. The topological polar surface area (TPSA) is 115 Å². The average molecular weight is 299 g/mol. The summed E-state index contributed by atoms with van der Waals surface area (Å²) in [6.07, 6.45) is -4.71. The van der Waals surface area contributed by atoms with Gasteiger partial charge in [-0.25, -0.2) is 13.1 Å². The van der Waals surface area contributed by atoms with Crippen LogP contribution in [0.1, 0.15) is 0 Å². The third-order valence-corrected chi connectivity index (χ3v) is 3.37. The second-order valence-corrected chi connectivity index (χ2v) is 5.18. The van der Waals surface area contributed by atoms with Crippen molar-refractivity contribution in [1.29, 1.82) is 0 Å². The van der Waals surface area contributed by atoms with Crippen LogP contribution in [-0.4, -0.2) is 26.1 Å². The van der Waals surface area contributed by atoms with E-state index in [0.29, 0.717) is 0 Å². The minimum absolute atomic E-state index is 0.458. The van der Waals surface area contributed by atoms with Gasteiger partial charge in [-0.15, -0.1) is 0 Å². The fraction of sp³-hybridized carbons (Fsp3) is 0.250. The molecule has 0 aliphatic heterocycles. The van der Waals surface area contributed by atoms with Crippen LogP contribution in [0.2, 0.25) is 0 Å². The van der Waals surface area contributed by atoms with E-state index in [1.54, 1.807) is 0 Å². The minimum atomic E-state index is -4.71. The fourth-order valence-electron chi connectivity index (χ4n) is 1.13. The monoisotopic (exact) mass is 299 g/mol. The van der Waals surface area contributed by atoms with E-state index in [1.165, 1.54) is 4.72 Å². The molecular formula is C8H8F3N3O4S. The highest BCUT2D eigenvalue weighted by atomic mass is 32.2. The van der Waals surface area contributed by atoms with Crippen molar-refractivity contribution in [2.75, 3.05) is 12.3 Å². The number of anilines is 1. The fourth-order valence-corrected chi connectivity index (χ4v) is 2.18. The Bertz CT molecular complexity index is 600. The molecule has 0 heterocycles. The second kappa shape index (κ2) is 5.01. The van der Waals surface area contributed by atoms with Crippen LogP contribution in [0.5, 0.6) is 0 Å². The first-order chi connectivity index (χ1) is 8.53. The summed E-state index contributed by atoms with van der Waals surface area (Å²) >= 11 is 0. The summed E-state index contributed by atoms with van der Waals surface area (Å²) in [6, 6.07) is 2.32. The lowest BCUT2D eigenvalue weighted by Crippen LogP contribution is -2.33. The van der Waals surface area contributed by atoms with Gasteiger partial charge in [0.1, 0.15) is 12.2 Å². The number of hydrogen-bond acceptors (Lipinski definition) is 5. The Balaban J connectivity index is 3.03. The van der Waals surface area contributed by atoms with E-state index < -0.39 is 43.9 Å². The molecular weight excluding hydrogens is 291 g/mol. The molecule has 0 atom stereocenters. The second-order valence-electron chi connectivity index (χ2n) is 3.42. The van der Waals surface area contributed by atoms with Gasteiger partial charge in [-0.3, -0.25) is 10.1 Å². The Hall–Kier alpha value is -1.88. The maximum atomic E-state index is 11.9. The number of nitrogens with one attached hydrogen (secondary N) is 1. The summed E-state index contributed by atoms with van der Waals surface area (Å²) in [5.41, 5.74) is 4.25. The van der Waals surface area contributed by atoms with Crippen molar-refractivity contribution >= 4 is 21.4 Å². The molecule has 0 bridgehead atoms.